The summed E-state index contributed by atoms with van der Waals surface area (Å²) in [5, 5.41) is 14.6. The molecule has 0 spiro atoms. The monoisotopic (exact) mass is 550 g/mol. The number of hydrogen-bond acceptors (Lipinski definition) is 8. The molecule has 0 amide bonds. The Morgan fingerprint density at radius 1 is 0.731 bits per heavy atom. The maximum Gasteiger partial charge on any atom is 0.320 e. The molecular formula is C13H21ClO10Y2-4. The Labute approximate surface area is 208 Å². The molecule has 0 aromatic rings. The maximum atomic E-state index is 9.83. The van der Waals surface area contributed by atoms with Gasteiger partial charge in [-0.25, -0.2) is 0 Å². The fraction of sp³-hybridized carbons (Fsp3) is 0.308. The van der Waals surface area contributed by atoms with Crippen molar-refractivity contribution in [2.24, 2.45) is 0 Å². The van der Waals surface area contributed by atoms with Gasteiger partial charge >= 0.3 is 5.97 Å². The van der Waals surface area contributed by atoms with Crippen LogP contribution in [0.1, 0.15) is 0 Å². The number of methoxy groups -OCH3 is 3. The molecule has 0 aliphatic heterocycles. The van der Waals surface area contributed by atoms with Crippen LogP contribution in [0.15, 0.2) is 0 Å². The largest absolute Gasteiger partial charge is 0.503 e. The Bertz CT molecular complexity index is 325. The number of carbonyl (C=O) groups is 5. The smallest absolute Gasteiger partial charge is 0.320 e. The van der Waals surface area contributed by atoms with E-state index < -0.39 is 29.8 Å². The molecule has 2 N–H and O–H groups in total. The molecule has 0 unspecified atom stereocenters. The van der Waals surface area contributed by atoms with E-state index in [0.717, 1.165) is 0 Å². The quantitative estimate of drug-likeness (QED) is 0.200. The van der Waals surface area contributed by atoms with Gasteiger partial charge in [-0.2, -0.15) is 0 Å². The van der Waals surface area contributed by atoms with Gasteiger partial charge in [0.15, 0.2) is 23.9 Å². The van der Waals surface area contributed by atoms with Gasteiger partial charge in [-0.1, -0.05) is 0 Å². The summed E-state index contributed by atoms with van der Waals surface area (Å²) in [6.45, 7) is 10.9. The van der Waals surface area contributed by atoms with Crippen molar-refractivity contribution in [3.05, 3.63) is 27.7 Å². The Balaban J connectivity index is -0.0000000343. The minimum absolute atomic E-state index is 0. The third kappa shape index (κ3) is 217. The van der Waals surface area contributed by atoms with Gasteiger partial charge in [-0.05, 0) is 0 Å². The third-order valence-electron chi connectivity index (χ3n) is 0.792. The standard InChI is InChI=1S/C3H5ClO2.2C3H5O2.2C2H3O2.2Y/c1-6-3(5)2-4;2*1-3(4)5-2;2*1-2(3)4;;/h2H2,1H3;2*1H2,2H3;2*1H2,(H,3,4);;/q;4*-1;;. The molecule has 0 aromatic carbocycles. The first kappa shape index (κ1) is 44.6. The van der Waals surface area contributed by atoms with Crippen molar-refractivity contribution in [2.45, 2.75) is 0 Å². The number of alkyl halides is 1. The van der Waals surface area contributed by atoms with Gasteiger partial charge < -0.3 is 24.4 Å². The van der Waals surface area contributed by atoms with E-state index in [1.165, 1.54) is 21.3 Å². The SMILES string of the molecule is COC(=O)CCl.[CH2-]C(=O)O.[CH2-]C(=O)O.[CH2-]C(=O)OC.[CH2-]C(=O)OC.[Y].[Y]. The van der Waals surface area contributed by atoms with Crippen molar-refractivity contribution in [2.75, 3.05) is 27.2 Å². The van der Waals surface area contributed by atoms with Gasteiger partial charge in [0, 0.05) is 65.4 Å². The molecule has 13 heteroatoms. The second-order valence-corrected chi connectivity index (χ2v) is 2.92. The van der Waals surface area contributed by atoms with Crippen LogP contribution in [0.3, 0.4) is 0 Å². The molecule has 2 radical (unpaired) electrons. The zero-order valence-electron chi connectivity index (χ0n) is 14.7. The molecule has 0 aliphatic rings. The van der Waals surface area contributed by atoms with Crippen LogP contribution in [0.4, 0.5) is 0 Å². The van der Waals surface area contributed by atoms with Crippen LogP contribution in [0.25, 0.3) is 0 Å². The molecule has 0 heterocycles. The normalized spacial score (nSPS) is 6.15. The molecule has 0 aromatic heterocycles. The van der Waals surface area contributed by atoms with Crippen LogP contribution < -0.4 is 0 Å². The first-order valence-electron chi connectivity index (χ1n) is 5.34. The Morgan fingerprint density at radius 2 is 0.885 bits per heavy atom. The molecule has 0 atom stereocenters. The summed E-state index contributed by atoms with van der Waals surface area (Å²) in [4.78, 5) is 46.6. The second kappa shape index (κ2) is 39.4. The van der Waals surface area contributed by atoms with Gasteiger partial charge in [0.05, 0.1) is 21.3 Å². The van der Waals surface area contributed by atoms with E-state index in [4.69, 9.17) is 31.4 Å². The van der Waals surface area contributed by atoms with Gasteiger partial charge in [0.2, 0.25) is 0 Å². The number of esters is 3. The molecule has 10 nitrogen and oxygen atoms in total. The van der Waals surface area contributed by atoms with E-state index in [1.54, 1.807) is 0 Å². The molecule has 150 valence electrons. The zero-order chi connectivity index (χ0) is 20.7. The van der Waals surface area contributed by atoms with Crippen LogP contribution in [-0.4, -0.2) is 67.3 Å². The molecule has 0 saturated heterocycles. The summed E-state index contributed by atoms with van der Waals surface area (Å²) in [6.07, 6.45) is 0. The maximum absolute atomic E-state index is 9.83. The van der Waals surface area contributed by atoms with Crippen LogP contribution >= 0.6 is 11.6 Å². The van der Waals surface area contributed by atoms with E-state index in [1.807, 2.05) is 0 Å². The van der Waals surface area contributed by atoms with Crippen LogP contribution in [0.2, 0.25) is 0 Å². The Kier molecular flexibility index (Phi) is 67.6. The molecule has 0 aliphatic carbocycles. The Hall–Kier alpha value is -0.672. The Morgan fingerprint density at radius 3 is 0.885 bits per heavy atom. The summed E-state index contributed by atoms with van der Waals surface area (Å²) in [5.74, 6) is -3.61. The fourth-order valence-electron chi connectivity index (χ4n) is 0.0546. The molecular weight excluding hydrogens is 529 g/mol. The fourth-order valence-corrected chi connectivity index (χ4v) is 0.164. The molecule has 0 rings (SSSR count). The molecule has 0 bridgehead atoms. The van der Waals surface area contributed by atoms with Gasteiger partial charge in [-0.15, -0.1) is 11.6 Å². The summed E-state index contributed by atoms with van der Waals surface area (Å²) in [5.41, 5.74) is 0. The molecule has 0 fully saturated rings. The van der Waals surface area contributed by atoms with Crippen molar-refractivity contribution in [1.82, 2.24) is 0 Å². The van der Waals surface area contributed by atoms with Crippen LogP contribution in [-0.2, 0) is 104 Å². The summed E-state index contributed by atoms with van der Waals surface area (Å²) < 4.78 is 12.1. The second-order valence-electron chi connectivity index (χ2n) is 2.65. The summed E-state index contributed by atoms with van der Waals surface area (Å²) >= 11 is 4.98. The third-order valence-corrected chi connectivity index (χ3v) is 1.01. The van der Waals surface area contributed by atoms with Gasteiger partial charge in [0.25, 0.3) is 0 Å². The van der Waals surface area contributed by atoms with Crippen molar-refractivity contribution < 1.29 is 114 Å². The average molecular weight is 551 g/mol. The first-order valence-corrected chi connectivity index (χ1v) is 5.87. The zero-order valence-corrected chi connectivity index (χ0v) is 21.2. The number of carboxylic acid groups (broad SMARTS) is 2. The number of hydrogen-bond donors (Lipinski definition) is 2. The predicted molar refractivity (Wildman–Crippen MR) is 83.5 cm³/mol. The predicted octanol–water partition coefficient (Wildman–Crippen LogP) is 0.190. The van der Waals surface area contributed by atoms with Gasteiger partial charge in [-0.3, -0.25) is 51.7 Å². The van der Waals surface area contributed by atoms with Crippen LogP contribution in [0, 0.1) is 27.7 Å². The average Bonchev–Trinajstić information content (AvgIpc) is 2.46. The minimum atomic E-state index is -1.08. The van der Waals surface area contributed by atoms with Crippen molar-refractivity contribution >= 4 is 41.4 Å². The van der Waals surface area contributed by atoms with Gasteiger partial charge in [0.1, 0.15) is 5.88 Å². The summed E-state index contributed by atoms with van der Waals surface area (Å²) in [6, 6.07) is 0. The number of halogens is 1. The number of carboxylic acids is 2. The topological polar surface area (TPSA) is 154 Å². The molecule has 0 saturated carbocycles. The van der Waals surface area contributed by atoms with E-state index >= 15 is 0 Å². The number of rotatable bonds is 1. The summed E-state index contributed by atoms with van der Waals surface area (Å²) in [7, 11) is 3.87. The van der Waals surface area contributed by atoms with Crippen LogP contribution in [0.5, 0.6) is 0 Å². The van der Waals surface area contributed by atoms with Crippen molar-refractivity contribution in [1.29, 1.82) is 0 Å². The molecule has 26 heavy (non-hydrogen) atoms. The van der Waals surface area contributed by atoms with E-state index in [2.05, 4.69) is 41.9 Å². The van der Waals surface area contributed by atoms with Crippen molar-refractivity contribution in [3.8, 4) is 0 Å². The number of aliphatic carboxylic acids is 2. The van der Waals surface area contributed by atoms with E-state index in [-0.39, 0.29) is 71.3 Å². The number of ether oxygens (including phenoxy) is 3. The number of carbonyl (C=O) groups excluding carboxylic acids is 3. The van der Waals surface area contributed by atoms with E-state index in [9.17, 15) is 14.4 Å². The van der Waals surface area contributed by atoms with Crippen molar-refractivity contribution in [3.63, 3.8) is 0 Å². The van der Waals surface area contributed by atoms with E-state index in [0.29, 0.717) is 0 Å². The first-order chi connectivity index (χ1) is 10.8. The minimum Gasteiger partial charge on any atom is -0.503 e.